The summed E-state index contributed by atoms with van der Waals surface area (Å²) in [6.45, 7) is 1.94. The molecule has 3 heteroatoms. The normalized spacial score (nSPS) is 10.6. The van der Waals surface area contributed by atoms with Crippen LogP contribution in [0.4, 0.5) is 8.78 Å². The number of hydrogen-bond acceptors (Lipinski definition) is 1. The number of nitrogens with zero attached hydrogens (tertiary/aromatic N) is 1. The van der Waals surface area contributed by atoms with Crippen LogP contribution in [0.25, 0.3) is 22.4 Å². The van der Waals surface area contributed by atoms with Crippen molar-refractivity contribution in [1.29, 1.82) is 0 Å². The fraction of sp³-hybridized carbons (Fsp3) is 0.0556. The van der Waals surface area contributed by atoms with Gasteiger partial charge in [-0.3, -0.25) is 4.98 Å². The Bertz CT molecular complexity index is 782. The standard InChI is InChI=1S/C18H13F2N/c1-12-10-11-21-18(14-8-5-9-15(19)17(14)20)16(12)13-6-3-2-4-7-13/h2-11H,1H3. The van der Waals surface area contributed by atoms with Gasteiger partial charge in [0.25, 0.3) is 0 Å². The fourth-order valence-corrected chi connectivity index (χ4v) is 2.42. The Kier molecular flexibility index (Phi) is 3.48. The van der Waals surface area contributed by atoms with E-state index in [1.165, 1.54) is 6.07 Å². The first-order valence-electron chi connectivity index (χ1n) is 6.64. The summed E-state index contributed by atoms with van der Waals surface area (Å²) in [5, 5.41) is 0. The van der Waals surface area contributed by atoms with Gasteiger partial charge >= 0.3 is 0 Å². The summed E-state index contributed by atoms with van der Waals surface area (Å²) < 4.78 is 27.6. The van der Waals surface area contributed by atoms with Crippen molar-refractivity contribution < 1.29 is 8.78 Å². The number of hydrogen-bond donors (Lipinski definition) is 0. The highest BCUT2D eigenvalue weighted by Crippen LogP contribution is 2.34. The van der Waals surface area contributed by atoms with Gasteiger partial charge in [0.1, 0.15) is 0 Å². The van der Waals surface area contributed by atoms with Crippen LogP contribution in [0, 0.1) is 18.6 Å². The maximum atomic E-state index is 14.1. The third-order valence-corrected chi connectivity index (χ3v) is 3.43. The van der Waals surface area contributed by atoms with Crippen molar-refractivity contribution in [3.63, 3.8) is 0 Å². The summed E-state index contributed by atoms with van der Waals surface area (Å²) >= 11 is 0. The fourth-order valence-electron chi connectivity index (χ4n) is 2.42. The molecule has 0 aliphatic carbocycles. The Balaban J connectivity index is 2.30. The highest BCUT2D eigenvalue weighted by molar-refractivity contribution is 5.83. The number of rotatable bonds is 2. The molecule has 0 spiro atoms. The predicted octanol–water partition coefficient (Wildman–Crippen LogP) is 5.00. The molecule has 0 aliphatic heterocycles. The monoisotopic (exact) mass is 281 g/mol. The minimum atomic E-state index is -0.868. The average Bonchev–Trinajstić information content (AvgIpc) is 2.51. The van der Waals surface area contributed by atoms with Crippen LogP contribution < -0.4 is 0 Å². The second-order valence-electron chi connectivity index (χ2n) is 4.82. The molecule has 0 saturated carbocycles. The van der Waals surface area contributed by atoms with Crippen molar-refractivity contribution in [1.82, 2.24) is 4.98 Å². The van der Waals surface area contributed by atoms with E-state index < -0.39 is 11.6 Å². The van der Waals surface area contributed by atoms with Gasteiger partial charge in [-0.15, -0.1) is 0 Å². The molecule has 0 amide bonds. The Hall–Kier alpha value is -2.55. The SMILES string of the molecule is Cc1ccnc(-c2cccc(F)c2F)c1-c1ccccc1. The molecule has 0 aliphatic rings. The third kappa shape index (κ3) is 2.42. The van der Waals surface area contributed by atoms with Crippen molar-refractivity contribution in [3.05, 3.63) is 78.0 Å². The van der Waals surface area contributed by atoms with Gasteiger partial charge in [-0.2, -0.15) is 0 Å². The van der Waals surface area contributed by atoms with E-state index in [2.05, 4.69) is 4.98 Å². The summed E-state index contributed by atoms with van der Waals surface area (Å²) in [6.07, 6.45) is 1.61. The molecule has 1 aromatic heterocycles. The Morgan fingerprint density at radius 3 is 2.38 bits per heavy atom. The van der Waals surface area contributed by atoms with E-state index in [1.54, 1.807) is 12.3 Å². The van der Waals surface area contributed by atoms with E-state index in [1.807, 2.05) is 43.3 Å². The van der Waals surface area contributed by atoms with Gasteiger partial charge in [0.05, 0.1) is 5.69 Å². The van der Waals surface area contributed by atoms with Crippen molar-refractivity contribution in [2.45, 2.75) is 6.92 Å². The first-order valence-corrected chi connectivity index (χ1v) is 6.64. The number of aromatic nitrogens is 1. The molecule has 0 saturated heterocycles. The van der Waals surface area contributed by atoms with Gasteiger partial charge in [0.15, 0.2) is 11.6 Å². The second-order valence-corrected chi connectivity index (χ2v) is 4.82. The lowest BCUT2D eigenvalue weighted by Crippen LogP contribution is -1.96. The zero-order valence-electron chi connectivity index (χ0n) is 11.5. The number of benzene rings is 2. The van der Waals surface area contributed by atoms with Crippen molar-refractivity contribution in [2.75, 3.05) is 0 Å². The van der Waals surface area contributed by atoms with Gasteiger partial charge in [-0.1, -0.05) is 36.4 Å². The van der Waals surface area contributed by atoms with Gasteiger partial charge in [-0.05, 0) is 36.2 Å². The first kappa shape index (κ1) is 13.4. The van der Waals surface area contributed by atoms with Crippen molar-refractivity contribution in [2.24, 2.45) is 0 Å². The summed E-state index contributed by atoms with van der Waals surface area (Å²) in [5.74, 6) is -1.73. The molecule has 0 bridgehead atoms. The summed E-state index contributed by atoms with van der Waals surface area (Å²) in [5.41, 5.74) is 3.36. The summed E-state index contributed by atoms with van der Waals surface area (Å²) in [7, 11) is 0. The van der Waals surface area contributed by atoms with Crippen LogP contribution in [0.5, 0.6) is 0 Å². The number of aryl methyl sites for hydroxylation is 1. The van der Waals surface area contributed by atoms with Gasteiger partial charge in [0.2, 0.25) is 0 Å². The molecule has 3 rings (SSSR count). The molecule has 2 aromatic carbocycles. The molecule has 1 heterocycles. The molecule has 0 fully saturated rings. The minimum absolute atomic E-state index is 0.178. The van der Waals surface area contributed by atoms with E-state index in [4.69, 9.17) is 0 Å². The van der Waals surface area contributed by atoms with Crippen LogP contribution in [0.2, 0.25) is 0 Å². The largest absolute Gasteiger partial charge is 0.255 e. The second kappa shape index (κ2) is 5.44. The maximum absolute atomic E-state index is 14.1. The van der Waals surface area contributed by atoms with Gasteiger partial charge < -0.3 is 0 Å². The topological polar surface area (TPSA) is 12.9 Å². The van der Waals surface area contributed by atoms with Crippen LogP contribution >= 0.6 is 0 Å². The quantitative estimate of drug-likeness (QED) is 0.644. The zero-order chi connectivity index (χ0) is 14.8. The predicted molar refractivity (Wildman–Crippen MR) is 79.8 cm³/mol. The molecular formula is C18H13F2N. The van der Waals surface area contributed by atoms with E-state index in [-0.39, 0.29) is 5.56 Å². The van der Waals surface area contributed by atoms with E-state index in [0.717, 1.165) is 22.8 Å². The molecular weight excluding hydrogens is 268 g/mol. The van der Waals surface area contributed by atoms with E-state index >= 15 is 0 Å². The Morgan fingerprint density at radius 1 is 0.857 bits per heavy atom. The number of halogens is 2. The minimum Gasteiger partial charge on any atom is -0.255 e. The summed E-state index contributed by atoms with van der Waals surface area (Å²) in [4.78, 5) is 4.28. The summed E-state index contributed by atoms with van der Waals surface area (Å²) in [6, 6.07) is 15.6. The molecule has 0 N–H and O–H groups in total. The molecule has 21 heavy (non-hydrogen) atoms. The van der Waals surface area contributed by atoms with Crippen LogP contribution in [0.1, 0.15) is 5.56 Å². The number of pyridine rings is 1. The van der Waals surface area contributed by atoms with Crippen LogP contribution in [-0.2, 0) is 0 Å². The van der Waals surface area contributed by atoms with Crippen LogP contribution in [0.3, 0.4) is 0 Å². The van der Waals surface area contributed by atoms with E-state index in [0.29, 0.717) is 5.69 Å². The lowest BCUT2D eigenvalue weighted by atomic mass is 9.95. The van der Waals surface area contributed by atoms with Gasteiger partial charge in [0, 0.05) is 17.3 Å². The highest BCUT2D eigenvalue weighted by atomic mass is 19.2. The lowest BCUT2D eigenvalue weighted by Gasteiger charge is -2.13. The average molecular weight is 281 g/mol. The van der Waals surface area contributed by atoms with Crippen molar-refractivity contribution in [3.8, 4) is 22.4 Å². The molecule has 0 radical (unpaired) electrons. The first-order chi connectivity index (χ1) is 10.2. The molecule has 3 aromatic rings. The lowest BCUT2D eigenvalue weighted by molar-refractivity contribution is 0.511. The Morgan fingerprint density at radius 2 is 1.62 bits per heavy atom. The Labute approximate surface area is 121 Å². The smallest absolute Gasteiger partial charge is 0.168 e. The molecule has 1 nitrogen and oxygen atoms in total. The van der Waals surface area contributed by atoms with Crippen molar-refractivity contribution >= 4 is 0 Å². The third-order valence-electron chi connectivity index (χ3n) is 3.43. The van der Waals surface area contributed by atoms with Crippen LogP contribution in [-0.4, -0.2) is 4.98 Å². The molecule has 104 valence electrons. The van der Waals surface area contributed by atoms with E-state index in [9.17, 15) is 8.78 Å². The molecule has 0 atom stereocenters. The maximum Gasteiger partial charge on any atom is 0.168 e. The van der Waals surface area contributed by atoms with Gasteiger partial charge in [-0.25, -0.2) is 8.78 Å². The highest BCUT2D eigenvalue weighted by Gasteiger charge is 2.16. The zero-order valence-corrected chi connectivity index (χ0v) is 11.5. The van der Waals surface area contributed by atoms with Crippen LogP contribution in [0.15, 0.2) is 60.8 Å². The molecule has 0 unspecified atom stereocenters.